The number of aliphatic imine (C=N–C) groups is 1. The summed E-state index contributed by atoms with van der Waals surface area (Å²) in [5.41, 5.74) is 0.993. The molecular weight excluding hydrogens is 447 g/mol. The van der Waals surface area contributed by atoms with Gasteiger partial charge in [-0.25, -0.2) is 4.99 Å². The van der Waals surface area contributed by atoms with Crippen molar-refractivity contribution >= 4 is 35.6 Å². The molecule has 26 heavy (non-hydrogen) atoms. The fraction of sp³-hybridized carbons (Fsp3) is 0.500. The van der Waals surface area contributed by atoms with Crippen LogP contribution in [0.2, 0.25) is 0 Å². The van der Waals surface area contributed by atoms with Crippen LogP contribution in [-0.2, 0) is 11.3 Å². The Kier molecular flexibility index (Phi) is 14.6. The largest absolute Gasteiger partial charge is 0.381 e. The summed E-state index contributed by atoms with van der Waals surface area (Å²) >= 11 is 0. The maximum atomic E-state index is 10.7. The van der Waals surface area contributed by atoms with Crippen LogP contribution in [-0.4, -0.2) is 37.2 Å². The molecular formula is C18H29IN4O3. The van der Waals surface area contributed by atoms with Crippen molar-refractivity contribution in [1.82, 2.24) is 10.6 Å². The Morgan fingerprint density at radius 2 is 1.96 bits per heavy atom. The van der Waals surface area contributed by atoms with E-state index in [9.17, 15) is 10.1 Å². The topological polar surface area (TPSA) is 88.8 Å². The number of benzene rings is 1. The molecule has 0 saturated heterocycles. The van der Waals surface area contributed by atoms with Crippen LogP contribution in [0.25, 0.3) is 0 Å². The van der Waals surface area contributed by atoms with Gasteiger partial charge in [0.05, 0.1) is 11.5 Å². The number of guanidine groups is 1. The second-order valence-electron chi connectivity index (χ2n) is 5.50. The number of ether oxygens (including phenoxy) is 1. The molecule has 1 aromatic carbocycles. The third kappa shape index (κ3) is 11.0. The van der Waals surface area contributed by atoms with E-state index in [2.05, 4.69) is 29.1 Å². The van der Waals surface area contributed by atoms with Crippen LogP contribution < -0.4 is 10.6 Å². The highest BCUT2D eigenvalue weighted by Gasteiger charge is 2.04. The van der Waals surface area contributed by atoms with Gasteiger partial charge in [-0.1, -0.05) is 31.6 Å². The highest BCUT2D eigenvalue weighted by Crippen LogP contribution is 2.12. The van der Waals surface area contributed by atoms with Crippen molar-refractivity contribution < 1.29 is 9.66 Å². The fourth-order valence-electron chi connectivity index (χ4n) is 1.97. The van der Waals surface area contributed by atoms with Gasteiger partial charge in [-0.2, -0.15) is 0 Å². The molecule has 0 fully saturated rings. The Balaban J connectivity index is 0.00000625. The lowest BCUT2D eigenvalue weighted by Gasteiger charge is -2.11. The lowest BCUT2D eigenvalue weighted by molar-refractivity contribution is -0.384. The molecule has 8 heteroatoms. The van der Waals surface area contributed by atoms with Gasteiger partial charge in [0.15, 0.2) is 5.96 Å². The molecule has 0 aromatic heterocycles. The summed E-state index contributed by atoms with van der Waals surface area (Å²) in [6.07, 6.45) is 4.90. The van der Waals surface area contributed by atoms with Crippen LogP contribution in [0, 0.1) is 10.1 Å². The Morgan fingerprint density at radius 1 is 1.27 bits per heavy atom. The van der Waals surface area contributed by atoms with Crippen molar-refractivity contribution in [3.05, 3.63) is 52.6 Å². The van der Waals surface area contributed by atoms with Crippen LogP contribution in [0.15, 0.2) is 41.9 Å². The highest BCUT2D eigenvalue weighted by molar-refractivity contribution is 14.0. The summed E-state index contributed by atoms with van der Waals surface area (Å²) in [5.74, 6) is 0.687. The second kappa shape index (κ2) is 15.6. The van der Waals surface area contributed by atoms with E-state index in [4.69, 9.17) is 4.74 Å². The van der Waals surface area contributed by atoms with E-state index >= 15 is 0 Å². The van der Waals surface area contributed by atoms with Gasteiger partial charge in [0.2, 0.25) is 0 Å². The van der Waals surface area contributed by atoms with Crippen molar-refractivity contribution in [2.24, 2.45) is 4.99 Å². The number of non-ortho nitro benzene ring substituents is 1. The summed E-state index contributed by atoms with van der Waals surface area (Å²) in [5, 5.41) is 17.1. The summed E-state index contributed by atoms with van der Waals surface area (Å²) in [4.78, 5) is 14.7. The standard InChI is InChI=1S/C18H28N4O3.HI/c1-3-5-13-25-14-6-12-20-18(19-11-4-2)21-15-16-7-9-17(10-8-16)22(23)24;/h4,7-10H,2-3,5-6,11-15H2,1H3,(H2,19,20,21);1H. The summed E-state index contributed by atoms with van der Waals surface area (Å²) < 4.78 is 5.53. The molecule has 0 heterocycles. The number of hydrogen-bond donors (Lipinski definition) is 2. The number of unbranched alkanes of at least 4 members (excludes halogenated alkanes) is 1. The molecule has 0 amide bonds. The lowest BCUT2D eigenvalue weighted by Crippen LogP contribution is -2.38. The minimum Gasteiger partial charge on any atom is -0.381 e. The van der Waals surface area contributed by atoms with Crippen molar-refractivity contribution in [2.45, 2.75) is 32.7 Å². The van der Waals surface area contributed by atoms with Crippen LogP contribution in [0.3, 0.4) is 0 Å². The molecule has 0 spiro atoms. The highest BCUT2D eigenvalue weighted by atomic mass is 127. The second-order valence-corrected chi connectivity index (χ2v) is 5.50. The zero-order valence-corrected chi connectivity index (χ0v) is 17.6. The zero-order valence-electron chi connectivity index (χ0n) is 15.3. The summed E-state index contributed by atoms with van der Waals surface area (Å²) in [6.45, 7) is 9.18. The number of nitro groups is 1. The number of rotatable bonds is 12. The predicted octanol–water partition coefficient (Wildman–Crippen LogP) is 3.64. The average molecular weight is 476 g/mol. The minimum atomic E-state index is -0.408. The van der Waals surface area contributed by atoms with E-state index in [1.54, 1.807) is 18.2 Å². The van der Waals surface area contributed by atoms with Gasteiger partial charge in [-0.15, -0.1) is 30.6 Å². The minimum absolute atomic E-state index is 0. The van der Waals surface area contributed by atoms with Crippen molar-refractivity contribution in [2.75, 3.05) is 26.3 Å². The van der Waals surface area contributed by atoms with Gasteiger partial charge in [0, 0.05) is 38.4 Å². The molecule has 0 unspecified atom stereocenters. The average Bonchev–Trinajstić information content (AvgIpc) is 2.62. The van der Waals surface area contributed by atoms with Crippen LogP contribution in [0.4, 0.5) is 5.69 Å². The van der Waals surface area contributed by atoms with E-state index in [1.807, 2.05) is 0 Å². The van der Waals surface area contributed by atoms with Crippen molar-refractivity contribution in [3.63, 3.8) is 0 Å². The molecule has 1 rings (SSSR count). The van der Waals surface area contributed by atoms with Crippen LogP contribution >= 0.6 is 24.0 Å². The van der Waals surface area contributed by atoms with Crippen LogP contribution in [0.1, 0.15) is 31.7 Å². The monoisotopic (exact) mass is 476 g/mol. The molecule has 0 aliphatic heterocycles. The molecule has 146 valence electrons. The SMILES string of the molecule is C=CCNC(=NCc1ccc([N+](=O)[O-])cc1)NCCCOCCCC.I. The maximum Gasteiger partial charge on any atom is 0.269 e. The van der Waals surface area contributed by atoms with E-state index in [1.165, 1.54) is 12.1 Å². The molecule has 2 N–H and O–H groups in total. The first-order valence-electron chi connectivity index (χ1n) is 8.61. The van der Waals surface area contributed by atoms with Gasteiger partial charge in [0.25, 0.3) is 5.69 Å². The quantitative estimate of drug-likeness (QED) is 0.0915. The summed E-state index contributed by atoms with van der Waals surface area (Å²) in [6, 6.07) is 6.41. The molecule has 7 nitrogen and oxygen atoms in total. The van der Waals surface area contributed by atoms with E-state index < -0.39 is 4.92 Å². The molecule has 1 aromatic rings. The van der Waals surface area contributed by atoms with E-state index in [0.29, 0.717) is 19.0 Å². The van der Waals surface area contributed by atoms with Gasteiger partial charge in [-0.05, 0) is 18.4 Å². The van der Waals surface area contributed by atoms with Gasteiger partial charge >= 0.3 is 0 Å². The Labute approximate surface area is 172 Å². The first kappa shape index (κ1) is 24.3. The lowest BCUT2D eigenvalue weighted by atomic mass is 10.2. The first-order valence-corrected chi connectivity index (χ1v) is 8.61. The molecule has 0 atom stereocenters. The Morgan fingerprint density at radius 3 is 2.58 bits per heavy atom. The third-order valence-electron chi connectivity index (χ3n) is 3.38. The predicted molar refractivity (Wildman–Crippen MR) is 116 cm³/mol. The van der Waals surface area contributed by atoms with Gasteiger partial charge in [0.1, 0.15) is 0 Å². The molecule has 0 aliphatic carbocycles. The summed E-state index contributed by atoms with van der Waals surface area (Å²) in [7, 11) is 0. The number of nitrogens with one attached hydrogen (secondary N) is 2. The number of nitro benzene ring substituents is 1. The number of hydrogen-bond acceptors (Lipinski definition) is 4. The number of halogens is 1. The van der Waals surface area contributed by atoms with Crippen molar-refractivity contribution in [3.8, 4) is 0 Å². The zero-order chi connectivity index (χ0) is 18.3. The number of nitrogens with zero attached hydrogens (tertiary/aromatic N) is 2. The first-order chi connectivity index (χ1) is 12.2. The smallest absolute Gasteiger partial charge is 0.269 e. The molecule has 0 aliphatic rings. The maximum absolute atomic E-state index is 10.7. The van der Waals surface area contributed by atoms with E-state index in [0.717, 1.165) is 44.6 Å². The third-order valence-corrected chi connectivity index (χ3v) is 3.38. The van der Waals surface area contributed by atoms with Crippen molar-refractivity contribution in [1.29, 1.82) is 0 Å². The van der Waals surface area contributed by atoms with Gasteiger partial charge in [-0.3, -0.25) is 10.1 Å². The molecule has 0 saturated carbocycles. The van der Waals surface area contributed by atoms with Gasteiger partial charge < -0.3 is 15.4 Å². The van der Waals surface area contributed by atoms with Crippen LogP contribution in [0.5, 0.6) is 0 Å². The molecule has 0 bridgehead atoms. The Bertz CT molecular complexity index is 550. The fourth-order valence-corrected chi connectivity index (χ4v) is 1.97. The normalized spacial score (nSPS) is 10.7. The van der Waals surface area contributed by atoms with E-state index in [-0.39, 0.29) is 29.7 Å². The Hall–Kier alpha value is -1.68. The molecule has 0 radical (unpaired) electrons.